The van der Waals surface area contributed by atoms with Gasteiger partial charge in [0.2, 0.25) is 6.29 Å². The van der Waals surface area contributed by atoms with Crippen LogP contribution in [0.5, 0.6) is 0 Å². The number of anilines is 1. The van der Waals surface area contributed by atoms with E-state index >= 15 is 0 Å². The number of nitrogens with one attached hydrogen (secondary N) is 1. The van der Waals surface area contributed by atoms with Crippen LogP contribution in [0, 0.1) is 13.8 Å². The van der Waals surface area contributed by atoms with Gasteiger partial charge in [0.1, 0.15) is 0 Å². The zero-order chi connectivity index (χ0) is 9.84. The van der Waals surface area contributed by atoms with Crippen LogP contribution in [-0.4, -0.2) is 12.2 Å². The highest BCUT2D eigenvalue weighted by molar-refractivity contribution is 6.29. The molecule has 1 rings (SSSR count). The second kappa shape index (κ2) is 3.85. The summed E-state index contributed by atoms with van der Waals surface area (Å²) in [4.78, 5) is 20.7. The molecule has 68 valence electrons. The van der Waals surface area contributed by atoms with E-state index in [0.29, 0.717) is 5.69 Å². The molecule has 13 heavy (non-hydrogen) atoms. The molecule has 0 spiro atoms. The van der Waals surface area contributed by atoms with E-state index in [-0.39, 0.29) is 6.29 Å². The molecule has 3 nitrogen and oxygen atoms in total. The largest absolute Gasteiger partial charge is 0.320 e. The lowest BCUT2D eigenvalue weighted by Gasteiger charge is -2.04. The van der Waals surface area contributed by atoms with E-state index in [1.165, 1.54) is 0 Å². The molecule has 0 radical (unpaired) electrons. The van der Waals surface area contributed by atoms with Gasteiger partial charge >= 0.3 is 0 Å². The lowest BCUT2D eigenvalue weighted by atomic mass is 10.1. The molecule has 3 heteroatoms. The van der Waals surface area contributed by atoms with Gasteiger partial charge in [-0.1, -0.05) is 6.07 Å². The number of carbonyl (C=O) groups is 2. The zero-order valence-electron chi connectivity index (χ0n) is 7.63. The molecule has 0 saturated carbocycles. The minimum atomic E-state index is -0.622. The molecule has 0 unspecified atom stereocenters. The lowest BCUT2D eigenvalue weighted by Crippen LogP contribution is -2.12. The van der Waals surface area contributed by atoms with Crippen LogP contribution in [0.3, 0.4) is 0 Å². The van der Waals surface area contributed by atoms with Crippen molar-refractivity contribution in [2.24, 2.45) is 0 Å². The van der Waals surface area contributed by atoms with E-state index < -0.39 is 5.91 Å². The van der Waals surface area contributed by atoms with E-state index in [1.54, 1.807) is 6.07 Å². The number of benzene rings is 1. The minimum absolute atomic E-state index is 0.259. The number of hydrogen-bond acceptors (Lipinski definition) is 2. The van der Waals surface area contributed by atoms with E-state index in [9.17, 15) is 9.59 Å². The standard InChI is InChI=1S/C10H11NO2/c1-7-3-4-9(5-8(7)2)11-10(13)6-12/h3-6H,1-2H3,(H,11,13). The van der Waals surface area contributed by atoms with Crippen LogP contribution >= 0.6 is 0 Å². The maximum Gasteiger partial charge on any atom is 0.288 e. The summed E-state index contributed by atoms with van der Waals surface area (Å²) in [5.74, 6) is -0.622. The highest BCUT2D eigenvalue weighted by Crippen LogP contribution is 2.13. The predicted octanol–water partition coefficient (Wildman–Crippen LogP) is 1.44. The SMILES string of the molecule is Cc1ccc(NC(=O)C=O)cc1C. The molecule has 1 N–H and O–H groups in total. The number of carbonyl (C=O) groups excluding carboxylic acids is 2. The summed E-state index contributed by atoms with van der Waals surface area (Å²) in [6.07, 6.45) is 0.259. The van der Waals surface area contributed by atoms with Crippen molar-refractivity contribution in [2.45, 2.75) is 13.8 Å². The van der Waals surface area contributed by atoms with Crippen LogP contribution in [0.15, 0.2) is 18.2 Å². The Kier molecular flexibility index (Phi) is 2.80. The van der Waals surface area contributed by atoms with Gasteiger partial charge in [0.15, 0.2) is 0 Å². The highest BCUT2D eigenvalue weighted by Gasteiger charge is 2.00. The van der Waals surface area contributed by atoms with Gasteiger partial charge in [0, 0.05) is 5.69 Å². The monoisotopic (exact) mass is 177 g/mol. The van der Waals surface area contributed by atoms with Gasteiger partial charge in [-0.05, 0) is 37.1 Å². The van der Waals surface area contributed by atoms with Gasteiger partial charge in [-0.25, -0.2) is 0 Å². The first kappa shape index (κ1) is 9.45. The Morgan fingerprint density at radius 1 is 1.31 bits per heavy atom. The van der Waals surface area contributed by atoms with Gasteiger partial charge in [-0.15, -0.1) is 0 Å². The normalized spacial score (nSPS) is 9.38. The van der Waals surface area contributed by atoms with Crippen molar-refractivity contribution < 1.29 is 9.59 Å². The van der Waals surface area contributed by atoms with Crippen molar-refractivity contribution in [3.63, 3.8) is 0 Å². The maximum absolute atomic E-state index is 10.7. The molecular weight excluding hydrogens is 166 g/mol. The Balaban J connectivity index is 2.85. The summed E-state index contributed by atoms with van der Waals surface area (Å²) in [7, 11) is 0. The molecule has 0 aliphatic heterocycles. The molecule has 0 aliphatic carbocycles. The van der Waals surface area contributed by atoms with Crippen LogP contribution in [-0.2, 0) is 9.59 Å². The molecule has 0 bridgehead atoms. The molecule has 0 aliphatic rings. The van der Waals surface area contributed by atoms with Crippen molar-refractivity contribution in [2.75, 3.05) is 5.32 Å². The first-order chi connectivity index (χ1) is 6.13. The van der Waals surface area contributed by atoms with Crippen LogP contribution in [0.4, 0.5) is 5.69 Å². The van der Waals surface area contributed by atoms with Crippen LogP contribution in [0.2, 0.25) is 0 Å². The van der Waals surface area contributed by atoms with Crippen molar-refractivity contribution in [1.82, 2.24) is 0 Å². The third-order valence-electron chi connectivity index (χ3n) is 1.88. The van der Waals surface area contributed by atoms with Gasteiger partial charge in [0.05, 0.1) is 0 Å². The van der Waals surface area contributed by atoms with Crippen LogP contribution in [0.25, 0.3) is 0 Å². The van der Waals surface area contributed by atoms with Crippen molar-refractivity contribution in [1.29, 1.82) is 0 Å². The van der Waals surface area contributed by atoms with Crippen molar-refractivity contribution in [3.8, 4) is 0 Å². The topological polar surface area (TPSA) is 46.2 Å². The second-order valence-electron chi connectivity index (χ2n) is 2.91. The third-order valence-corrected chi connectivity index (χ3v) is 1.88. The Morgan fingerprint density at radius 2 is 2.00 bits per heavy atom. The van der Waals surface area contributed by atoms with E-state index in [2.05, 4.69) is 5.32 Å². The number of aldehydes is 1. The fourth-order valence-electron chi connectivity index (χ4n) is 0.991. The first-order valence-corrected chi connectivity index (χ1v) is 3.97. The van der Waals surface area contributed by atoms with Gasteiger partial charge in [-0.3, -0.25) is 9.59 Å². The fourth-order valence-corrected chi connectivity index (χ4v) is 0.991. The number of amides is 1. The highest BCUT2D eigenvalue weighted by atomic mass is 16.2. The average molecular weight is 177 g/mol. The van der Waals surface area contributed by atoms with E-state index in [1.807, 2.05) is 26.0 Å². The first-order valence-electron chi connectivity index (χ1n) is 3.97. The van der Waals surface area contributed by atoms with Gasteiger partial charge in [-0.2, -0.15) is 0 Å². The molecule has 0 aromatic heterocycles. The quantitative estimate of drug-likeness (QED) is 0.548. The van der Waals surface area contributed by atoms with Gasteiger partial charge in [0.25, 0.3) is 5.91 Å². The Hall–Kier alpha value is -1.64. The smallest absolute Gasteiger partial charge is 0.288 e. The molecule has 0 heterocycles. The summed E-state index contributed by atoms with van der Waals surface area (Å²) < 4.78 is 0. The molecular formula is C10H11NO2. The zero-order valence-corrected chi connectivity index (χ0v) is 7.63. The number of hydrogen-bond donors (Lipinski definition) is 1. The fraction of sp³-hybridized carbons (Fsp3) is 0.200. The van der Waals surface area contributed by atoms with Gasteiger partial charge < -0.3 is 5.32 Å². The Labute approximate surface area is 76.8 Å². The summed E-state index contributed by atoms with van der Waals surface area (Å²) in [6.45, 7) is 3.94. The van der Waals surface area contributed by atoms with Crippen LogP contribution < -0.4 is 5.32 Å². The maximum atomic E-state index is 10.7. The summed E-state index contributed by atoms with van der Waals surface area (Å²) in [5, 5.41) is 2.45. The molecule has 1 amide bonds. The molecule has 0 fully saturated rings. The van der Waals surface area contributed by atoms with Crippen molar-refractivity contribution >= 4 is 17.9 Å². The number of rotatable bonds is 2. The third kappa shape index (κ3) is 2.40. The molecule has 1 aromatic carbocycles. The molecule has 1 aromatic rings. The van der Waals surface area contributed by atoms with Crippen LogP contribution in [0.1, 0.15) is 11.1 Å². The number of aryl methyl sites for hydroxylation is 2. The Morgan fingerprint density at radius 3 is 2.54 bits per heavy atom. The summed E-state index contributed by atoms with van der Waals surface area (Å²) in [5.41, 5.74) is 2.90. The predicted molar refractivity (Wildman–Crippen MR) is 50.6 cm³/mol. The molecule has 0 saturated heterocycles. The second-order valence-corrected chi connectivity index (χ2v) is 2.91. The average Bonchev–Trinajstić information content (AvgIpc) is 2.11. The van der Waals surface area contributed by atoms with E-state index in [4.69, 9.17) is 0 Å². The Bertz CT molecular complexity index is 345. The van der Waals surface area contributed by atoms with E-state index in [0.717, 1.165) is 11.1 Å². The summed E-state index contributed by atoms with van der Waals surface area (Å²) >= 11 is 0. The summed E-state index contributed by atoms with van der Waals surface area (Å²) in [6, 6.07) is 5.50. The van der Waals surface area contributed by atoms with Crippen molar-refractivity contribution in [3.05, 3.63) is 29.3 Å². The minimum Gasteiger partial charge on any atom is -0.320 e. The molecule has 0 atom stereocenters. The lowest BCUT2D eigenvalue weighted by molar-refractivity contribution is -0.127.